The Morgan fingerprint density at radius 3 is 2.65 bits per heavy atom. The summed E-state index contributed by atoms with van der Waals surface area (Å²) in [6.45, 7) is 0.505. The molecule has 6 heteroatoms. The van der Waals surface area contributed by atoms with Crippen LogP contribution in [0.5, 0.6) is 0 Å². The first kappa shape index (κ1) is 14.8. The zero-order chi connectivity index (χ0) is 14.7. The minimum absolute atomic E-state index is 0.279. The summed E-state index contributed by atoms with van der Waals surface area (Å²) < 4.78 is 13.5. The van der Waals surface area contributed by atoms with Gasteiger partial charge >= 0.3 is 0 Å². The maximum absolute atomic E-state index is 13.1. The van der Waals surface area contributed by atoms with E-state index in [4.69, 9.17) is 17.3 Å². The van der Waals surface area contributed by atoms with Crippen molar-refractivity contribution in [2.75, 3.05) is 5.32 Å². The summed E-state index contributed by atoms with van der Waals surface area (Å²) in [7, 11) is 0. The molecule has 0 aromatic heterocycles. The topological polar surface area (TPSA) is 55.1 Å². The van der Waals surface area contributed by atoms with E-state index in [1.54, 1.807) is 30.3 Å². The highest BCUT2D eigenvalue weighted by molar-refractivity contribution is 9.10. The highest BCUT2D eigenvalue weighted by atomic mass is 79.9. The van der Waals surface area contributed by atoms with Gasteiger partial charge in [0, 0.05) is 12.2 Å². The molecule has 0 aliphatic carbocycles. The Kier molecular flexibility index (Phi) is 4.62. The number of amides is 1. The predicted octanol–water partition coefficient (Wildman–Crippen LogP) is 3.95. The SMILES string of the molecule is NC(=O)c1ccc(NCc2ccc(F)c(Br)c2)cc1Cl. The number of nitrogens with two attached hydrogens (primary N) is 1. The fraction of sp³-hybridized carbons (Fsp3) is 0.0714. The summed E-state index contributed by atoms with van der Waals surface area (Å²) in [6.07, 6.45) is 0. The smallest absolute Gasteiger partial charge is 0.250 e. The van der Waals surface area contributed by atoms with Crippen molar-refractivity contribution in [1.29, 1.82) is 0 Å². The lowest BCUT2D eigenvalue weighted by Gasteiger charge is -2.09. The van der Waals surface area contributed by atoms with Crippen molar-refractivity contribution in [3.05, 3.63) is 62.8 Å². The van der Waals surface area contributed by atoms with Gasteiger partial charge in [0.05, 0.1) is 15.1 Å². The molecule has 0 aliphatic rings. The lowest BCUT2D eigenvalue weighted by atomic mass is 10.2. The number of benzene rings is 2. The average Bonchev–Trinajstić information content (AvgIpc) is 2.40. The molecule has 0 heterocycles. The van der Waals surface area contributed by atoms with Gasteiger partial charge in [-0.1, -0.05) is 17.7 Å². The van der Waals surface area contributed by atoms with Gasteiger partial charge < -0.3 is 11.1 Å². The number of carbonyl (C=O) groups excluding carboxylic acids is 1. The second-order valence-corrected chi connectivity index (χ2v) is 5.42. The normalized spacial score (nSPS) is 10.3. The van der Waals surface area contributed by atoms with E-state index >= 15 is 0 Å². The van der Waals surface area contributed by atoms with Crippen LogP contribution in [0, 0.1) is 5.82 Å². The van der Waals surface area contributed by atoms with Crippen LogP contribution in [0.25, 0.3) is 0 Å². The van der Waals surface area contributed by atoms with Crippen LogP contribution < -0.4 is 11.1 Å². The van der Waals surface area contributed by atoms with Crippen molar-refractivity contribution in [3.8, 4) is 0 Å². The van der Waals surface area contributed by atoms with Gasteiger partial charge in [-0.2, -0.15) is 0 Å². The van der Waals surface area contributed by atoms with E-state index < -0.39 is 5.91 Å². The molecule has 0 saturated heterocycles. The van der Waals surface area contributed by atoms with Gasteiger partial charge in [0.1, 0.15) is 5.82 Å². The number of rotatable bonds is 4. The van der Waals surface area contributed by atoms with Crippen molar-refractivity contribution in [2.24, 2.45) is 5.73 Å². The molecule has 3 N–H and O–H groups in total. The van der Waals surface area contributed by atoms with Crippen LogP contribution in [0.3, 0.4) is 0 Å². The first-order chi connectivity index (χ1) is 9.47. The Hall–Kier alpha value is -1.59. The highest BCUT2D eigenvalue weighted by Crippen LogP contribution is 2.22. The molecule has 2 aromatic carbocycles. The first-order valence-electron chi connectivity index (χ1n) is 5.74. The van der Waals surface area contributed by atoms with Gasteiger partial charge in [0.25, 0.3) is 0 Å². The van der Waals surface area contributed by atoms with Crippen LogP contribution in [-0.2, 0) is 6.54 Å². The summed E-state index contributed by atoms with van der Waals surface area (Å²) in [6, 6.07) is 9.68. The molecule has 0 atom stereocenters. The number of hydrogen-bond donors (Lipinski definition) is 2. The molecule has 0 fully saturated rings. The van der Waals surface area contributed by atoms with E-state index in [2.05, 4.69) is 21.2 Å². The Morgan fingerprint density at radius 2 is 2.05 bits per heavy atom. The molecule has 0 spiro atoms. The van der Waals surface area contributed by atoms with E-state index in [0.717, 1.165) is 11.3 Å². The minimum Gasteiger partial charge on any atom is -0.381 e. The summed E-state index contributed by atoms with van der Waals surface area (Å²) in [4.78, 5) is 11.1. The Bertz CT molecular complexity index is 664. The third-order valence-corrected chi connectivity index (χ3v) is 3.64. The van der Waals surface area contributed by atoms with Gasteiger partial charge in [-0.3, -0.25) is 4.79 Å². The number of primary amides is 1. The number of nitrogens with one attached hydrogen (secondary N) is 1. The maximum Gasteiger partial charge on any atom is 0.250 e. The summed E-state index contributed by atoms with van der Waals surface area (Å²) in [5.74, 6) is -0.869. The standard InChI is InChI=1S/C14H11BrClFN2O/c15-11-5-8(1-4-13(11)17)7-19-9-2-3-10(14(18)20)12(16)6-9/h1-6,19H,7H2,(H2,18,20). The minimum atomic E-state index is -0.566. The molecule has 3 nitrogen and oxygen atoms in total. The third-order valence-electron chi connectivity index (χ3n) is 2.72. The van der Waals surface area contributed by atoms with Crippen molar-refractivity contribution >= 4 is 39.1 Å². The molecule has 0 radical (unpaired) electrons. The molecule has 2 aromatic rings. The fourth-order valence-electron chi connectivity index (χ4n) is 1.68. The van der Waals surface area contributed by atoms with E-state index in [0.29, 0.717) is 16.0 Å². The molecule has 2 rings (SSSR count). The quantitative estimate of drug-likeness (QED) is 0.870. The molecule has 0 aliphatic heterocycles. The van der Waals surface area contributed by atoms with Crippen LogP contribution in [0.4, 0.5) is 10.1 Å². The molecule has 0 unspecified atom stereocenters. The molecular weight excluding hydrogens is 347 g/mol. The van der Waals surface area contributed by atoms with Crippen molar-refractivity contribution in [2.45, 2.75) is 6.54 Å². The van der Waals surface area contributed by atoms with Crippen molar-refractivity contribution < 1.29 is 9.18 Å². The van der Waals surface area contributed by atoms with Gasteiger partial charge in [-0.15, -0.1) is 0 Å². The van der Waals surface area contributed by atoms with Gasteiger partial charge in [-0.05, 0) is 51.8 Å². The Labute approximate surface area is 129 Å². The van der Waals surface area contributed by atoms with Crippen molar-refractivity contribution in [3.63, 3.8) is 0 Å². The van der Waals surface area contributed by atoms with E-state index in [9.17, 15) is 9.18 Å². The predicted molar refractivity (Wildman–Crippen MR) is 81.4 cm³/mol. The monoisotopic (exact) mass is 356 g/mol. The number of hydrogen-bond acceptors (Lipinski definition) is 2. The maximum atomic E-state index is 13.1. The molecule has 0 bridgehead atoms. The van der Waals surface area contributed by atoms with Gasteiger partial charge in [-0.25, -0.2) is 4.39 Å². The zero-order valence-corrected chi connectivity index (χ0v) is 12.6. The second-order valence-electron chi connectivity index (χ2n) is 4.16. The molecule has 104 valence electrons. The first-order valence-corrected chi connectivity index (χ1v) is 6.91. The van der Waals surface area contributed by atoms with Crippen LogP contribution in [0.2, 0.25) is 5.02 Å². The Balaban J connectivity index is 2.09. The zero-order valence-electron chi connectivity index (χ0n) is 10.3. The third kappa shape index (κ3) is 3.49. The fourth-order valence-corrected chi connectivity index (χ4v) is 2.38. The van der Waals surface area contributed by atoms with Gasteiger partial charge in [0.15, 0.2) is 0 Å². The number of halogens is 3. The number of carbonyl (C=O) groups is 1. The lowest BCUT2D eigenvalue weighted by Crippen LogP contribution is -2.11. The molecule has 0 saturated carbocycles. The van der Waals surface area contributed by atoms with Crippen LogP contribution >= 0.6 is 27.5 Å². The van der Waals surface area contributed by atoms with E-state index in [1.165, 1.54) is 6.07 Å². The second kappa shape index (κ2) is 6.24. The van der Waals surface area contributed by atoms with Crippen LogP contribution in [0.15, 0.2) is 40.9 Å². The Morgan fingerprint density at radius 1 is 1.30 bits per heavy atom. The highest BCUT2D eigenvalue weighted by Gasteiger charge is 2.07. The van der Waals surface area contributed by atoms with E-state index in [-0.39, 0.29) is 11.4 Å². The van der Waals surface area contributed by atoms with Crippen LogP contribution in [0.1, 0.15) is 15.9 Å². The lowest BCUT2D eigenvalue weighted by molar-refractivity contribution is 0.100. The van der Waals surface area contributed by atoms with Crippen molar-refractivity contribution in [1.82, 2.24) is 0 Å². The number of anilines is 1. The molecular formula is C14H11BrClFN2O. The molecule has 20 heavy (non-hydrogen) atoms. The summed E-state index contributed by atoms with van der Waals surface area (Å²) in [5.41, 5.74) is 7.12. The average molecular weight is 358 g/mol. The van der Waals surface area contributed by atoms with E-state index in [1.807, 2.05) is 0 Å². The summed E-state index contributed by atoms with van der Waals surface area (Å²) in [5, 5.41) is 3.43. The molecule has 1 amide bonds. The summed E-state index contributed by atoms with van der Waals surface area (Å²) >= 11 is 9.09. The largest absolute Gasteiger partial charge is 0.381 e. The van der Waals surface area contributed by atoms with Gasteiger partial charge in [0.2, 0.25) is 5.91 Å². The van der Waals surface area contributed by atoms with Crippen LogP contribution in [-0.4, -0.2) is 5.91 Å².